The van der Waals surface area contributed by atoms with Crippen molar-refractivity contribution in [3.8, 4) is 0 Å². The SMILES string of the molecule is Cc1ccc(N(C)CCCC(C)(CO)NC2CC2)cc1. The monoisotopic (exact) mass is 276 g/mol. The van der Waals surface area contributed by atoms with Crippen molar-refractivity contribution in [2.45, 2.75) is 51.1 Å². The average molecular weight is 276 g/mol. The zero-order valence-electron chi connectivity index (χ0n) is 13.0. The predicted octanol–water partition coefficient (Wildman–Crippen LogP) is 2.71. The molecule has 1 unspecified atom stereocenters. The second kappa shape index (κ2) is 6.59. The summed E-state index contributed by atoms with van der Waals surface area (Å²) in [5.41, 5.74) is 2.44. The Labute approximate surface area is 123 Å². The quantitative estimate of drug-likeness (QED) is 0.766. The van der Waals surface area contributed by atoms with Crippen molar-refractivity contribution in [1.29, 1.82) is 0 Å². The smallest absolute Gasteiger partial charge is 0.0610 e. The Kier molecular flexibility index (Phi) is 5.06. The first-order chi connectivity index (χ1) is 9.52. The summed E-state index contributed by atoms with van der Waals surface area (Å²) in [5, 5.41) is 13.2. The van der Waals surface area contributed by atoms with E-state index in [0.29, 0.717) is 6.04 Å². The number of nitrogens with zero attached hydrogens (tertiary/aromatic N) is 1. The van der Waals surface area contributed by atoms with Gasteiger partial charge in [-0.3, -0.25) is 0 Å². The Morgan fingerprint density at radius 1 is 1.30 bits per heavy atom. The lowest BCUT2D eigenvalue weighted by atomic mass is 9.96. The van der Waals surface area contributed by atoms with E-state index in [9.17, 15) is 5.11 Å². The van der Waals surface area contributed by atoms with Crippen molar-refractivity contribution in [1.82, 2.24) is 5.32 Å². The first-order valence-corrected chi connectivity index (χ1v) is 7.69. The van der Waals surface area contributed by atoms with E-state index < -0.39 is 0 Å². The molecule has 1 aliphatic rings. The Hall–Kier alpha value is -1.06. The number of aliphatic hydroxyl groups is 1. The maximum atomic E-state index is 9.60. The van der Waals surface area contributed by atoms with E-state index in [0.717, 1.165) is 19.4 Å². The molecule has 0 aliphatic heterocycles. The number of nitrogens with one attached hydrogen (secondary N) is 1. The lowest BCUT2D eigenvalue weighted by Gasteiger charge is -2.30. The fourth-order valence-electron chi connectivity index (χ4n) is 2.55. The van der Waals surface area contributed by atoms with Crippen LogP contribution in [0.25, 0.3) is 0 Å². The van der Waals surface area contributed by atoms with Crippen LogP contribution in [0.5, 0.6) is 0 Å². The number of rotatable bonds is 8. The molecule has 1 aliphatic carbocycles. The van der Waals surface area contributed by atoms with Crippen molar-refractivity contribution < 1.29 is 5.11 Å². The van der Waals surface area contributed by atoms with E-state index in [1.165, 1.54) is 24.1 Å². The zero-order chi connectivity index (χ0) is 14.6. The molecular formula is C17H28N2O. The summed E-state index contributed by atoms with van der Waals surface area (Å²) in [6, 6.07) is 9.28. The Morgan fingerprint density at radius 3 is 2.50 bits per heavy atom. The molecule has 1 aromatic rings. The van der Waals surface area contributed by atoms with Gasteiger partial charge in [-0.25, -0.2) is 0 Å². The first-order valence-electron chi connectivity index (χ1n) is 7.69. The molecule has 20 heavy (non-hydrogen) atoms. The van der Waals surface area contributed by atoms with Gasteiger partial charge >= 0.3 is 0 Å². The van der Waals surface area contributed by atoms with Crippen molar-refractivity contribution in [2.24, 2.45) is 0 Å². The van der Waals surface area contributed by atoms with Crippen LogP contribution < -0.4 is 10.2 Å². The molecule has 2 N–H and O–H groups in total. The van der Waals surface area contributed by atoms with Gasteiger partial charge in [-0.05, 0) is 51.7 Å². The number of aryl methyl sites for hydroxylation is 1. The van der Waals surface area contributed by atoms with Gasteiger partial charge in [0.1, 0.15) is 0 Å². The Bertz CT molecular complexity index is 414. The van der Waals surface area contributed by atoms with E-state index in [2.05, 4.69) is 55.4 Å². The molecule has 3 heteroatoms. The predicted molar refractivity (Wildman–Crippen MR) is 85.3 cm³/mol. The Morgan fingerprint density at radius 2 is 1.95 bits per heavy atom. The molecule has 0 aromatic heterocycles. The van der Waals surface area contributed by atoms with Gasteiger partial charge in [-0.15, -0.1) is 0 Å². The minimum Gasteiger partial charge on any atom is -0.394 e. The van der Waals surface area contributed by atoms with Gasteiger partial charge in [-0.2, -0.15) is 0 Å². The minimum absolute atomic E-state index is 0.116. The van der Waals surface area contributed by atoms with E-state index in [4.69, 9.17) is 0 Å². The molecule has 0 radical (unpaired) electrons. The Balaban J connectivity index is 1.77. The third kappa shape index (κ3) is 4.50. The van der Waals surface area contributed by atoms with Crippen LogP contribution in [0.15, 0.2) is 24.3 Å². The second-order valence-corrected chi connectivity index (χ2v) is 6.50. The summed E-state index contributed by atoms with van der Waals surface area (Å²) < 4.78 is 0. The van der Waals surface area contributed by atoms with Crippen molar-refractivity contribution in [3.63, 3.8) is 0 Å². The highest BCUT2D eigenvalue weighted by Crippen LogP contribution is 2.25. The van der Waals surface area contributed by atoms with Gasteiger partial charge < -0.3 is 15.3 Å². The van der Waals surface area contributed by atoms with Crippen molar-refractivity contribution in [2.75, 3.05) is 25.1 Å². The van der Waals surface area contributed by atoms with Crippen LogP contribution in [0, 0.1) is 6.92 Å². The van der Waals surface area contributed by atoms with Crippen molar-refractivity contribution in [3.05, 3.63) is 29.8 Å². The van der Waals surface area contributed by atoms with Gasteiger partial charge in [0.05, 0.1) is 6.61 Å². The van der Waals surface area contributed by atoms with E-state index in [1.807, 2.05) is 0 Å². The van der Waals surface area contributed by atoms with E-state index >= 15 is 0 Å². The van der Waals surface area contributed by atoms with Crippen LogP contribution in [0.3, 0.4) is 0 Å². The van der Waals surface area contributed by atoms with Crippen LogP contribution in [0.4, 0.5) is 5.69 Å². The molecule has 1 saturated carbocycles. The molecule has 1 atom stereocenters. The largest absolute Gasteiger partial charge is 0.394 e. The summed E-state index contributed by atoms with van der Waals surface area (Å²) >= 11 is 0. The first kappa shape index (κ1) is 15.3. The molecule has 3 nitrogen and oxygen atoms in total. The number of hydrogen-bond acceptors (Lipinski definition) is 3. The average Bonchev–Trinajstić information content (AvgIpc) is 3.23. The molecule has 112 valence electrons. The highest BCUT2D eigenvalue weighted by atomic mass is 16.3. The number of benzene rings is 1. The maximum Gasteiger partial charge on any atom is 0.0610 e. The normalized spacial score (nSPS) is 17.8. The molecule has 0 amide bonds. The van der Waals surface area contributed by atoms with E-state index in [-0.39, 0.29) is 12.1 Å². The third-order valence-corrected chi connectivity index (χ3v) is 4.18. The lowest BCUT2D eigenvalue weighted by molar-refractivity contribution is 0.162. The maximum absolute atomic E-state index is 9.60. The highest BCUT2D eigenvalue weighted by Gasteiger charge is 2.31. The zero-order valence-corrected chi connectivity index (χ0v) is 13.0. The summed E-state index contributed by atoms with van der Waals surface area (Å²) in [5.74, 6) is 0. The minimum atomic E-state index is -0.116. The molecule has 0 heterocycles. The van der Waals surface area contributed by atoms with Crippen molar-refractivity contribution >= 4 is 5.69 Å². The number of hydrogen-bond donors (Lipinski definition) is 2. The lowest BCUT2D eigenvalue weighted by Crippen LogP contribution is -2.47. The van der Waals surface area contributed by atoms with Gasteiger partial charge in [0.15, 0.2) is 0 Å². The third-order valence-electron chi connectivity index (χ3n) is 4.18. The summed E-state index contributed by atoms with van der Waals surface area (Å²) in [6.45, 7) is 5.49. The topological polar surface area (TPSA) is 35.5 Å². The number of anilines is 1. The summed E-state index contributed by atoms with van der Waals surface area (Å²) in [6.07, 6.45) is 4.62. The van der Waals surface area contributed by atoms with Crippen LogP contribution >= 0.6 is 0 Å². The van der Waals surface area contributed by atoms with Crippen LogP contribution in [-0.4, -0.2) is 36.9 Å². The van der Waals surface area contributed by atoms with E-state index in [1.54, 1.807) is 0 Å². The van der Waals surface area contributed by atoms with Crippen LogP contribution in [-0.2, 0) is 0 Å². The molecule has 0 saturated heterocycles. The number of aliphatic hydroxyl groups excluding tert-OH is 1. The van der Waals surface area contributed by atoms with Crippen LogP contribution in [0.1, 0.15) is 38.2 Å². The fourth-order valence-corrected chi connectivity index (χ4v) is 2.55. The fraction of sp³-hybridized carbons (Fsp3) is 0.647. The molecule has 0 bridgehead atoms. The molecule has 1 fully saturated rings. The van der Waals surface area contributed by atoms with Gasteiger partial charge in [0, 0.05) is 30.9 Å². The molecule has 0 spiro atoms. The highest BCUT2D eigenvalue weighted by molar-refractivity contribution is 5.46. The van der Waals surface area contributed by atoms with Gasteiger partial charge in [-0.1, -0.05) is 17.7 Å². The second-order valence-electron chi connectivity index (χ2n) is 6.50. The van der Waals surface area contributed by atoms with Gasteiger partial charge in [0.25, 0.3) is 0 Å². The standard InChI is InChI=1S/C17H28N2O/c1-14-5-9-16(10-6-14)19(3)12-4-11-17(2,13-20)18-15-7-8-15/h5-6,9-10,15,18,20H,4,7-8,11-13H2,1-3H3. The molecular weight excluding hydrogens is 248 g/mol. The van der Waals surface area contributed by atoms with Crippen LogP contribution in [0.2, 0.25) is 0 Å². The molecule has 1 aromatic carbocycles. The summed E-state index contributed by atoms with van der Waals surface area (Å²) in [4.78, 5) is 2.29. The summed E-state index contributed by atoms with van der Waals surface area (Å²) in [7, 11) is 2.13. The van der Waals surface area contributed by atoms with Gasteiger partial charge in [0.2, 0.25) is 0 Å². The molecule has 2 rings (SSSR count).